The van der Waals surface area contributed by atoms with Crippen molar-refractivity contribution in [1.82, 2.24) is 0 Å². The summed E-state index contributed by atoms with van der Waals surface area (Å²) in [4.78, 5) is 55.5. The van der Waals surface area contributed by atoms with Gasteiger partial charge in [-0.3, -0.25) is 14.4 Å². The van der Waals surface area contributed by atoms with Gasteiger partial charge in [0.25, 0.3) is 0 Å². The molecule has 0 radical (unpaired) electrons. The van der Waals surface area contributed by atoms with Gasteiger partial charge >= 0.3 is 17.9 Å². The van der Waals surface area contributed by atoms with Crippen LogP contribution in [0.1, 0.15) is 85.5 Å². The number of carbonyl (C=O) groups is 4. The number of aliphatic hydroxyl groups is 2. The van der Waals surface area contributed by atoms with Crippen molar-refractivity contribution in [2.45, 2.75) is 135 Å². The Kier molecular flexibility index (Phi) is 9.92. The molecule has 3 aliphatic carbocycles. The van der Waals surface area contributed by atoms with E-state index in [-0.39, 0.29) is 30.6 Å². The van der Waals surface area contributed by atoms with Crippen LogP contribution in [-0.2, 0) is 37.8 Å². The molecular weight excluding hydrogens is 648 g/mol. The standard InChI is InChI=1S/C37H52O11Si/c1-10-49(11-2,12-3)48-26-18-27-36(20-44-27,47-23(6)39)30-32(46-33(42)24-16-14-13-15-17-24)37(43)19-25(40)21(4)28(34(37,7)8)29(45-22(5)38)31(41)35(26,30)9/h13-17,25-27,29-30,32,40,43H,10-12,18-20H2,1-9H3/t25-,26-,27?,29+,30-,32-,35+,36?,37?/m0/s1. The molecule has 0 amide bonds. The number of carbonyl (C=O) groups excluding carboxylic acids is 4. The number of fused-ring (bicyclic) bond motifs is 5. The Bertz CT molecular complexity index is 1510. The zero-order valence-corrected chi connectivity index (χ0v) is 31.2. The molecule has 3 unspecified atom stereocenters. The Morgan fingerprint density at radius 2 is 1.59 bits per heavy atom. The van der Waals surface area contributed by atoms with Gasteiger partial charge in [0.05, 0.1) is 35.7 Å². The summed E-state index contributed by atoms with van der Waals surface area (Å²) in [5.74, 6) is -3.91. The molecule has 2 saturated carbocycles. The number of ether oxygens (including phenoxy) is 4. The van der Waals surface area contributed by atoms with Crippen LogP contribution in [-0.4, -0.2) is 90.6 Å². The zero-order chi connectivity index (χ0) is 36.3. The van der Waals surface area contributed by atoms with E-state index in [1.54, 1.807) is 58.0 Å². The number of hydrogen-bond acceptors (Lipinski definition) is 11. The normalized spacial score (nSPS) is 36.7. The number of benzene rings is 1. The largest absolute Gasteiger partial charge is 0.455 e. The van der Waals surface area contributed by atoms with Gasteiger partial charge in [-0.2, -0.15) is 0 Å². The van der Waals surface area contributed by atoms with Crippen molar-refractivity contribution in [2.24, 2.45) is 16.7 Å². The fourth-order valence-corrected chi connectivity index (χ4v) is 12.3. The smallest absolute Gasteiger partial charge is 0.338 e. The third-order valence-electron chi connectivity index (χ3n) is 12.5. The minimum atomic E-state index is -2.48. The molecule has 2 bridgehead atoms. The Morgan fingerprint density at radius 1 is 0.980 bits per heavy atom. The maximum Gasteiger partial charge on any atom is 0.338 e. The third-order valence-corrected chi connectivity index (χ3v) is 17.2. The van der Waals surface area contributed by atoms with Crippen molar-refractivity contribution in [3.8, 4) is 0 Å². The van der Waals surface area contributed by atoms with E-state index in [9.17, 15) is 24.6 Å². The highest BCUT2D eigenvalue weighted by Gasteiger charge is 2.78. The summed E-state index contributed by atoms with van der Waals surface area (Å²) in [7, 11) is -2.48. The number of esters is 3. The summed E-state index contributed by atoms with van der Waals surface area (Å²) < 4.78 is 31.9. The van der Waals surface area contributed by atoms with E-state index in [2.05, 4.69) is 20.8 Å². The van der Waals surface area contributed by atoms with E-state index in [0.29, 0.717) is 5.57 Å². The molecule has 9 atom stereocenters. The van der Waals surface area contributed by atoms with Gasteiger partial charge in [0.2, 0.25) is 0 Å². The molecule has 1 aromatic rings. The molecule has 1 saturated heterocycles. The molecule has 4 aliphatic rings. The minimum absolute atomic E-state index is 0.131. The van der Waals surface area contributed by atoms with E-state index in [4.69, 9.17) is 23.4 Å². The molecule has 270 valence electrons. The predicted molar refractivity (Wildman–Crippen MR) is 181 cm³/mol. The second kappa shape index (κ2) is 13.0. The highest BCUT2D eigenvalue weighted by molar-refractivity contribution is 6.73. The highest BCUT2D eigenvalue weighted by atomic mass is 28.4. The molecule has 11 nitrogen and oxygen atoms in total. The van der Waals surface area contributed by atoms with Crippen molar-refractivity contribution in [3.05, 3.63) is 47.0 Å². The van der Waals surface area contributed by atoms with Gasteiger partial charge in [0.15, 0.2) is 25.8 Å². The van der Waals surface area contributed by atoms with Crippen molar-refractivity contribution in [1.29, 1.82) is 0 Å². The van der Waals surface area contributed by atoms with Gasteiger partial charge in [0.1, 0.15) is 17.8 Å². The SMILES string of the molecule is CC[Si](CC)(CC)O[C@H]1CC2OCC2(OC(C)=O)[C@H]2[C@H](OC(=O)c3ccccc3)C3(O)C[C@H](O)C(C)=C([C@@H](OC(C)=O)C(=O)[C@]12C)C3(C)C. The maximum absolute atomic E-state index is 15.6. The average Bonchev–Trinajstić information content (AvgIpc) is 3.04. The van der Waals surface area contributed by atoms with Crippen LogP contribution in [0.15, 0.2) is 41.5 Å². The van der Waals surface area contributed by atoms with E-state index in [1.165, 1.54) is 13.8 Å². The van der Waals surface area contributed by atoms with Crippen molar-refractivity contribution in [2.75, 3.05) is 6.61 Å². The van der Waals surface area contributed by atoms with Crippen LogP contribution in [0.5, 0.6) is 0 Å². The lowest BCUT2D eigenvalue weighted by molar-refractivity contribution is -0.344. The first-order valence-electron chi connectivity index (χ1n) is 17.5. The lowest BCUT2D eigenvalue weighted by Crippen LogP contribution is -2.82. The molecule has 0 spiro atoms. The van der Waals surface area contributed by atoms with Crippen molar-refractivity contribution in [3.63, 3.8) is 0 Å². The zero-order valence-electron chi connectivity index (χ0n) is 30.2. The quantitative estimate of drug-likeness (QED) is 0.160. The van der Waals surface area contributed by atoms with E-state index in [0.717, 1.165) is 18.1 Å². The molecule has 49 heavy (non-hydrogen) atoms. The summed E-state index contributed by atoms with van der Waals surface area (Å²) >= 11 is 0. The molecule has 1 aromatic carbocycles. The Morgan fingerprint density at radius 3 is 2.10 bits per heavy atom. The van der Waals surface area contributed by atoms with Crippen LogP contribution >= 0.6 is 0 Å². The highest BCUT2D eigenvalue weighted by Crippen LogP contribution is 2.65. The fourth-order valence-electron chi connectivity index (χ4n) is 9.36. The van der Waals surface area contributed by atoms with Gasteiger partial charge in [-0.1, -0.05) is 52.8 Å². The third kappa shape index (κ3) is 5.62. The molecule has 1 heterocycles. The summed E-state index contributed by atoms with van der Waals surface area (Å²) in [6, 6.07) is 10.6. The Hall–Kier alpha value is -2.90. The van der Waals surface area contributed by atoms with E-state index in [1.807, 2.05) is 0 Å². The summed E-state index contributed by atoms with van der Waals surface area (Å²) in [5, 5.41) is 24.8. The average molecular weight is 701 g/mol. The molecule has 3 fully saturated rings. The van der Waals surface area contributed by atoms with Crippen LogP contribution in [0.4, 0.5) is 0 Å². The summed E-state index contributed by atoms with van der Waals surface area (Å²) in [6.45, 7) is 15.3. The van der Waals surface area contributed by atoms with Crippen molar-refractivity contribution >= 4 is 32.0 Å². The second-order valence-corrected chi connectivity index (χ2v) is 19.8. The fraction of sp³-hybridized carbons (Fsp3) is 0.676. The van der Waals surface area contributed by atoms with E-state index < -0.39 is 90.5 Å². The topological polar surface area (TPSA) is 155 Å². The molecule has 0 aromatic heterocycles. The van der Waals surface area contributed by atoms with E-state index >= 15 is 4.79 Å². The molecule has 12 heteroatoms. The first kappa shape index (κ1) is 37.4. The van der Waals surface area contributed by atoms with Crippen LogP contribution in [0.3, 0.4) is 0 Å². The number of hydrogen-bond donors (Lipinski definition) is 2. The number of aliphatic hydroxyl groups excluding tert-OH is 1. The lowest BCUT2D eigenvalue weighted by Gasteiger charge is -2.68. The Balaban J connectivity index is 1.88. The van der Waals surface area contributed by atoms with Crippen LogP contribution in [0.2, 0.25) is 18.1 Å². The monoisotopic (exact) mass is 700 g/mol. The first-order valence-corrected chi connectivity index (χ1v) is 20.0. The van der Waals surface area contributed by atoms with Crippen LogP contribution in [0.25, 0.3) is 0 Å². The molecule has 5 rings (SSSR count). The Labute approximate surface area is 289 Å². The first-order chi connectivity index (χ1) is 22.9. The lowest BCUT2D eigenvalue weighted by atomic mass is 9.44. The van der Waals surface area contributed by atoms with Gasteiger partial charge in [-0.05, 0) is 55.3 Å². The van der Waals surface area contributed by atoms with Crippen LogP contribution in [0, 0.1) is 16.7 Å². The summed E-state index contributed by atoms with van der Waals surface area (Å²) in [6.07, 6.45) is -6.04. The number of rotatable bonds is 9. The minimum Gasteiger partial charge on any atom is -0.455 e. The van der Waals surface area contributed by atoms with Gasteiger partial charge in [-0.15, -0.1) is 0 Å². The maximum atomic E-state index is 15.6. The van der Waals surface area contributed by atoms with Gasteiger partial charge in [0, 0.05) is 32.1 Å². The predicted octanol–water partition coefficient (Wildman–Crippen LogP) is 4.68. The second-order valence-electron chi connectivity index (χ2n) is 15.1. The number of Topliss-reactive ketones (excluding diaryl/α,β-unsaturated/α-hetero) is 1. The molecular formula is C37H52O11Si. The van der Waals surface area contributed by atoms with Crippen LogP contribution < -0.4 is 0 Å². The van der Waals surface area contributed by atoms with Crippen molar-refractivity contribution < 1.29 is 52.8 Å². The van der Waals surface area contributed by atoms with Gasteiger partial charge < -0.3 is 33.6 Å². The summed E-state index contributed by atoms with van der Waals surface area (Å²) in [5.41, 5.74) is -5.83. The number of ketones is 1. The molecule has 2 N–H and O–H groups in total. The molecule has 1 aliphatic heterocycles. The van der Waals surface area contributed by atoms with Gasteiger partial charge in [-0.25, -0.2) is 4.79 Å².